The van der Waals surface area contributed by atoms with Gasteiger partial charge in [-0.25, -0.2) is 0 Å². The number of hydrogen-bond donors (Lipinski definition) is 1. The van der Waals surface area contributed by atoms with Gasteiger partial charge in [-0.15, -0.1) is 13.2 Å². The maximum absolute atomic E-state index is 3.92. The first kappa shape index (κ1) is 33.0. The van der Waals surface area contributed by atoms with E-state index in [-0.39, 0.29) is 6.04 Å². The van der Waals surface area contributed by atoms with E-state index in [0.717, 1.165) is 19.3 Å². The lowest BCUT2D eigenvalue weighted by Crippen LogP contribution is -2.16. The van der Waals surface area contributed by atoms with Gasteiger partial charge in [0.05, 0.1) is 0 Å². The summed E-state index contributed by atoms with van der Waals surface area (Å²) in [5.41, 5.74) is 11.4. The van der Waals surface area contributed by atoms with Gasteiger partial charge in [-0.2, -0.15) is 0 Å². The van der Waals surface area contributed by atoms with Crippen LogP contribution in [0.1, 0.15) is 73.1 Å². The van der Waals surface area contributed by atoms with Gasteiger partial charge in [0.15, 0.2) is 0 Å². The second kappa shape index (κ2) is 16.8. The first-order valence-electron chi connectivity index (χ1n) is 17.8. The van der Waals surface area contributed by atoms with Crippen LogP contribution in [0.15, 0.2) is 158 Å². The minimum Gasteiger partial charge on any atom is -0.378 e. The molecule has 0 heterocycles. The largest absolute Gasteiger partial charge is 0.378 e. The highest BCUT2D eigenvalue weighted by atomic mass is 14.9. The number of aryl methyl sites for hydroxylation is 1. The van der Waals surface area contributed by atoms with E-state index in [4.69, 9.17) is 0 Å². The summed E-state index contributed by atoms with van der Waals surface area (Å²) in [6.45, 7) is 7.74. The van der Waals surface area contributed by atoms with Gasteiger partial charge >= 0.3 is 0 Å². The van der Waals surface area contributed by atoms with Crippen LogP contribution in [0.3, 0.4) is 0 Å². The highest BCUT2D eigenvalue weighted by Crippen LogP contribution is 2.42. The van der Waals surface area contributed by atoms with Crippen molar-refractivity contribution in [3.05, 3.63) is 181 Å². The fourth-order valence-corrected chi connectivity index (χ4v) is 7.30. The van der Waals surface area contributed by atoms with Crippen LogP contribution in [0.2, 0.25) is 0 Å². The van der Waals surface area contributed by atoms with Crippen molar-refractivity contribution in [1.29, 1.82) is 0 Å². The molecule has 0 radical (unpaired) electrons. The predicted octanol–water partition coefficient (Wildman–Crippen LogP) is 12.9. The van der Waals surface area contributed by atoms with Crippen molar-refractivity contribution in [2.75, 3.05) is 5.32 Å². The Morgan fingerprint density at radius 1 is 0.729 bits per heavy atom. The van der Waals surface area contributed by atoms with Crippen LogP contribution >= 0.6 is 0 Å². The molecule has 0 amide bonds. The van der Waals surface area contributed by atoms with Crippen LogP contribution in [0.25, 0.3) is 28.0 Å². The zero-order chi connectivity index (χ0) is 33.0. The SMILES string of the molecule is C1=CC(CC2Cc3ccccc3-c3ccccc32)=CCC1.C1=CCCC=C1.C=CCC(C=C)Nc1cc2c(c3ccccc13)CCC=C2. The number of benzene rings is 4. The van der Waals surface area contributed by atoms with Gasteiger partial charge in [0.1, 0.15) is 0 Å². The maximum atomic E-state index is 3.92. The second-order valence-corrected chi connectivity index (χ2v) is 13.0. The Labute approximate surface area is 288 Å². The molecule has 1 heteroatoms. The molecule has 4 aromatic rings. The van der Waals surface area contributed by atoms with Crippen molar-refractivity contribution < 1.29 is 0 Å². The van der Waals surface area contributed by atoms with Crippen molar-refractivity contribution in [3.63, 3.8) is 0 Å². The molecule has 4 aliphatic carbocycles. The van der Waals surface area contributed by atoms with Gasteiger partial charge in [0.2, 0.25) is 0 Å². The molecule has 1 nitrogen and oxygen atoms in total. The van der Waals surface area contributed by atoms with Crippen molar-refractivity contribution >= 4 is 22.5 Å². The quantitative estimate of drug-likeness (QED) is 0.201. The van der Waals surface area contributed by atoms with Crippen LogP contribution in [0.5, 0.6) is 0 Å². The molecule has 4 aliphatic rings. The predicted molar refractivity (Wildman–Crippen MR) is 211 cm³/mol. The van der Waals surface area contributed by atoms with Crippen molar-refractivity contribution in [2.45, 2.75) is 69.7 Å². The van der Waals surface area contributed by atoms with E-state index >= 15 is 0 Å². The van der Waals surface area contributed by atoms with E-state index in [9.17, 15) is 0 Å². The molecule has 0 saturated heterocycles. The van der Waals surface area contributed by atoms with Crippen molar-refractivity contribution in [2.24, 2.45) is 0 Å². The van der Waals surface area contributed by atoms with E-state index < -0.39 is 0 Å². The summed E-state index contributed by atoms with van der Waals surface area (Å²) in [7, 11) is 0. The van der Waals surface area contributed by atoms with Crippen LogP contribution in [0, 0.1) is 0 Å². The molecule has 48 heavy (non-hydrogen) atoms. The van der Waals surface area contributed by atoms with E-state index in [1.165, 1.54) is 93.9 Å². The maximum Gasteiger partial charge on any atom is 0.0476 e. The lowest BCUT2D eigenvalue weighted by molar-refractivity contribution is 0.671. The summed E-state index contributed by atoms with van der Waals surface area (Å²) in [5.74, 6) is 0.616. The zero-order valence-corrected chi connectivity index (χ0v) is 28.3. The second-order valence-electron chi connectivity index (χ2n) is 13.0. The number of nitrogens with one attached hydrogen (secondary N) is 1. The normalized spacial score (nSPS) is 17.2. The number of rotatable bonds is 7. The van der Waals surface area contributed by atoms with Crippen LogP contribution < -0.4 is 5.32 Å². The van der Waals surface area contributed by atoms with Crippen LogP contribution in [0.4, 0.5) is 5.69 Å². The molecule has 0 saturated carbocycles. The average molecular weight is 628 g/mol. The first-order valence-corrected chi connectivity index (χ1v) is 17.8. The van der Waals surface area contributed by atoms with Gasteiger partial charge in [0.25, 0.3) is 0 Å². The fraction of sp³-hybridized carbons (Fsp3) is 0.234. The topological polar surface area (TPSA) is 12.0 Å². The summed E-state index contributed by atoms with van der Waals surface area (Å²) >= 11 is 0. The summed E-state index contributed by atoms with van der Waals surface area (Å²) in [4.78, 5) is 0. The van der Waals surface area contributed by atoms with Gasteiger partial charge in [-0.3, -0.25) is 0 Å². The van der Waals surface area contributed by atoms with E-state index in [1.54, 1.807) is 0 Å². The molecule has 2 unspecified atom stereocenters. The fourth-order valence-electron chi connectivity index (χ4n) is 7.30. The summed E-state index contributed by atoms with van der Waals surface area (Å²) in [5, 5.41) is 6.26. The third-order valence-corrected chi connectivity index (χ3v) is 9.71. The number of allylic oxidation sites excluding steroid dienone is 9. The molecular formula is C47H49N. The lowest BCUT2D eigenvalue weighted by atomic mass is 9.76. The monoisotopic (exact) mass is 627 g/mol. The average Bonchev–Trinajstić information content (AvgIpc) is 3.16. The minimum atomic E-state index is 0.219. The summed E-state index contributed by atoms with van der Waals surface area (Å²) in [6, 6.07) is 29.0. The van der Waals surface area contributed by atoms with Crippen molar-refractivity contribution in [1.82, 2.24) is 0 Å². The Bertz CT molecular complexity index is 1860. The molecule has 1 N–H and O–H groups in total. The smallest absolute Gasteiger partial charge is 0.0476 e. The Balaban J connectivity index is 0.000000143. The van der Waals surface area contributed by atoms with Gasteiger partial charge in [0, 0.05) is 17.1 Å². The Kier molecular flexibility index (Phi) is 11.6. The molecule has 4 aromatic carbocycles. The molecule has 0 spiro atoms. The highest BCUT2D eigenvalue weighted by Gasteiger charge is 2.24. The van der Waals surface area contributed by atoms with Gasteiger partial charge < -0.3 is 5.32 Å². The Morgan fingerprint density at radius 2 is 1.44 bits per heavy atom. The first-order chi connectivity index (χ1) is 23.7. The minimum absolute atomic E-state index is 0.219. The van der Waals surface area contributed by atoms with E-state index in [1.807, 2.05) is 12.2 Å². The van der Waals surface area contributed by atoms with Crippen LogP contribution in [-0.4, -0.2) is 6.04 Å². The molecule has 0 aromatic heterocycles. The Morgan fingerprint density at radius 3 is 2.17 bits per heavy atom. The molecule has 0 aliphatic heterocycles. The number of fused-ring (bicyclic) bond motifs is 6. The summed E-state index contributed by atoms with van der Waals surface area (Å²) < 4.78 is 0. The molecule has 2 atom stereocenters. The van der Waals surface area contributed by atoms with E-state index in [0.29, 0.717) is 5.92 Å². The van der Waals surface area contributed by atoms with Crippen molar-refractivity contribution in [3.8, 4) is 11.1 Å². The number of hydrogen-bond acceptors (Lipinski definition) is 1. The third kappa shape index (κ3) is 8.15. The third-order valence-electron chi connectivity index (χ3n) is 9.71. The lowest BCUT2D eigenvalue weighted by Gasteiger charge is -2.28. The molecule has 8 rings (SSSR count). The zero-order valence-electron chi connectivity index (χ0n) is 28.3. The van der Waals surface area contributed by atoms with E-state index in [2.05, 4.69) is 152 Å². The standard InChI is InChI=1S/C21H20.C20H21N.C6H8/c1-2-8-16(9-3-1)14-18-15-17-10-4-5-11-19(17)21-13-7-6-12-20(18)21;1-3-9-16(4-2)21-20-14-15-10-5-6-11-17(15)18-12-7-8-13-19(18)20;1-2-4-6-5-3-1/h2,4-13,18H,1,3,14-15H2;3-5,7-8,10,12-14,16,21H,1-2,6,9,11H2;1-4H,5-6H2. The molecule has 0 fully saturated rings. The number of anilines is 1. The van der Waals surface area contributed by atoms with Crippen LogP contribution in [-0.2, 0) is 12.8 Å². The van der Waals surface area contributed by atoms with Gasteiger partial charge in [-0.1, -0.05) is 145 Å². The Hall–Kier alpha value is -4.88. The molecular weight excluding hydrogens is 579 g/mol. The summed E-state index contributed by atoms with van der Waals surface area (Å²) in [6.07, 6.45) is 34.3. The molecule has 0 bridgehead atoms. The highest BCUT2D eigenvalue weighted by molar-refractivity contribution is 5.99. The van der Waals surface area contributed by atoms with Gasteiger partial charge in [-0.05, 0) is 109 Å². The molecule has 242 valence electrons.